The zero-order valence-electron chi connectivity index (χ0n) is 15.3. The predicted molar refractivity (Wildman–Crippen MR) is 103 cm³/mol. The lowest BCUT2D eigenvalue weighted by molar-refractivity contribution is 0.262. The molecule has 1 rings (SSSR count). The van der Waals surface area contributed by atoms with Gasteiger partial charge in [0.1, 0.15) is 0 Å². The summed E-state index contributed by atoms with van der Waals surface area (Å²) in [5, 5.41) is 0. The maximum Gasteiger partial charge on any atom is 0.328 e. The summed E-state index contributed by atoms with van der Waals surface area (Å²) < 4.78 is 17.2. The Bertz CT molecular complexity index is 447. The molecule has 0 bridgehead atoms. The maximum atomic E-state index is 12.0. The van der Waals surface area contributed by atoms with Crippen LogP contribution in [0.4, 0.5) is 0 Å². The van der Waals surface area contributed by atoms with Crippen LogP contribution in [0.1, 0.15) is 76.7 Å². The molecule has 3 nitrogen and oxygen atoms in total. The quantitative estimate of drug-likeness (QED) is 0.295. The third-order valence-corrected chi connectivity index (χ3v) is 5.79. The molecule has 138 valence electrons. The third-order valence-electron chi connectivity index (χ3n) is 4.32. The Kier molecular flexibility index (Phi) is 12.2. The molecule has 0 saturated carbocycles. The summed E-state index contributed by atoms with van der Waals surface area (Å²) in [6, 6.07) is 9.92. The van der Waals surface area contributed by atoms with Gasteiger partial charge in [-0.2, -0.15) is 0 Å². The molecular weight excluding hydrogens is 319 g/mol. The van der Waals surface area contributed by atoms with Gasteiger partial charge in [0.05, 0.1) is 6.61 Å². The molecule has 4 heteroatoms. The maximum absolute atomic E-state index is 12.0. The van der Waals surface area contributed by atoms with Crippen molar-refractivity contribution in [1.29, 1.82) is 0 Å². The van der Waals surface area contributed by atoms with E-state index in [1.807, 2.05) is 30.3 Å². The van der Waals surface area contributed by atoms with Gasteiger partial charge < -0.3 is 9.42 Å². The predicted octanol–water partition coefficient (Wildman–Crippen LogP) is 6.35. The largest absolute Gasteiger partial charge is 0.328 e. The van der Waals surface area contributed by atoms with Crippen LogP contribution >= 0.6 is 7.60 Å². The Morgan fingerprint density at radius 3 is 2.00 bits per heavy atom. The Morgan fingerprint density at radius 2 is 1.42 bits per heavy atom. The van der Waals surface area contributed by atoms with Crippen molar-refractivity contribution in [3.05, 3.63) is 35.9 Å². The molecule has 1 N–H and O–H groups in total. The monoisotopic (exact) mass is 354 g/mol. The Hall–Kier alpha value is -0.630. The summed E-state index contributed by atoms with van der Waals surface area (Å²) in [6.07, 6.45) is 13.2. The molecule has 1 atom stereocenters. The molecule has 0 spiro atoms. The molecule has 0 fully saturated rings. The zero-order valence-corrected chi connectivity index (χ0v) is 16.2. The molecule has 0 heterocycles. The smallest absolute Gasteiger partial charge is 0.324 e. The zero-order chi connectivity index (χ0) is 17.5. The highest BCUT2D eigenvalue weighted by molar-refractivity contribution is 7.52. The van der Waals surface area contributed by atoms with Crippen molar-refractivity contribution in [3.63, 3.8) is 0 Å². The fraction of sp³-hybridized carbons (Fsp3) is 0.700. The Labute approximate surface area is 148 Å². The van der Waals surface area contributed by atoms with E-state index in [9.17, 15) is 9.46 Å². The van der Waals surface area contributed by atoms with Crippen LogP contribution in [0.15, 0.2) is 30.3 Å². The fourth-order valence-corrected chi connectivity index (χ4v) is 3.94. The standard InChI is InChI=1S/C20H35O3P/c1-2-3-4-5-6-7-8-9-10-14-19-24(21,22)23-18-17-20-15-12-11-13-16-20/h11-13,15-16H,2-10,14,17-19H2,1H3,(H,21,22). The van der Waals surface area contributed by atoms with Gasteiger partial charge in [0.2, 0.25) is 0 Å². The second-order valence-corrected chi connectivity index (χ2v) is 8.59. The summed E-state index contributed by atoms with van der Waals surface area (Å²) in [4.78, 5) is 9.85. The molecule has 0 radical (unpaired) electrons. The lowest BCUT2D eigenvalue weighted by Gasteiger charge is -2.12. The van der Waals surface area contributed by atoms with Gasteiger partial charge in [-0.25, -0.2) is 0 Å². The Balaban J connectivity index is 1.96. The molecular formula is C20H35O3P. The third kappa shape index (κ3) is 11.8. The Morgan fingerprint density at radius 1 is 0.875 bits per heavy atom. The van der Waals surface area contributed by atoms with E-state index in [2.05, 4.69) is 6.92 Å². The van der Waals surface area contributed by atoms with E-state index in [0.29, 0.717) is 13.0 Å². The van der Waals surface area contributed by atoms with Gasteiger partial charge in [0.15, 0.2) is 0 Å². The van der Waals surface area contributed by atoms with Gasteiger partial charge in [-0.1, -0.05) is 95.0 Å². The highest BCUT2D eigenvalue weighted by atomic mass is 31.2. The summed E-state index contributed by atoms with van der Waals surface area (Å²) in [7, 11) is -3.40. The van der Waals surface area contributed by atoms with Crippen LogP contribution in [0, 0.1) is 0 Å². The van der Waals surface area contributed by atoms with Crippen LogP contribution in [-0.2, 0) is 15.5 Å². The van der Waals surface area contributed by atoms with Crippen molar-refractivity contribution < 1.29 is 14.0 Å². The van der Waals surface area contributed by atoms with Crippen LogP contribution in [0.5, 0.6) is 0 Å². The first-order valence-corrected chi connectivity index (χ1v) is 11.4. The summed E-state index contributed by atoms with van der Waals surface area (Å²) in [5.74, 6) is 0. The minimum Gasteiger partial charge on any atom is -0.324 e. The van der Waals surface area contributed by atoms with Crippen molar-refractivity contribution in [1.82, 2.24) is 0 Å². The van der Waals surface area contributed by atoms with Gasteiger partial charge in [0.25, 0.3) is 0 Å². The molecule has 24 heavy (non-hydrogen) atoms. The topological polar surface area (TPSA) is 46.5 Å². The highest BCUT2D eigenvalue weighted by Gasteiger charge is 2.18. The van der Waals surface area contributed by atoms with Crippen molar-refractivity contribution >= 4 is 7.60 Å². The van der Waals surface area contributed by atoms with Gasteiger partial charge in [-0.3, -0.25) is 4.57 Å². The van der Waals surface area contributed by atoms with E-state index < -0.39 is 7.60 Å². The molecule has 1 aromatic carbocycles. The molecule has 0 aliphatic carbocycles. The number of hydrogen-bond donors (Lipinski definition) is 1. The van der Waals surface area contributed by atoms with Crippen molar-refractivity contribution in [2.45, 2.75) is 77.6 Å². The average Bonchev–Trinajstić information content (AvgIpc) is 2.57. The fourth-order valence-electron chi connectivity index (χ4n) is 2.81. The van der Waals surface area contributed by atoms with Crippen molar-refractivity contribution in [2.75, 3.05) is 12.8 Å². The first-order chi connectivity index (χ1) is 11.6. The minimum absolute atomic E-state index is 0.290. The van der Waals surface area contributed by atoms with Gasteiger partial charge in [0, 0.05) is 6.16 Å². The first kappa shape index (κ1) is 21.4. The van der Waals surface area contributed by atoms with Gasteiger partial charge in [-0.05, 0) is 18.4 Å². The van der Waals surface area contributed by atoms with E-state index >= 15 is 0 Å². The molecule has 0 aliphatic heterocycles. The number of hydrogen-bond acceptors (Lipinski definition) is 2. The molecule has 0 saturated heterocycles. The number of unbranched alkanes of at least 4 members (excludes halogenated alkanes) is 9. The SMILES string of the molecule is CCCCCCCCCCCCP(=O)(O)OCCc1ccccc1. The summed E-state index contributed by atoms with van der Waals surface area (Å²) in [5.41, 5.74) is 1.14. The van der Waals surface area contributed by atoms with Crippen molar-refractivity contribution in [2.24, 2.45) is 0 Å². The number of benzene rings is 1. The average molecular weight is 354 g/mol. The highest BCUT2D eigenvalue weighted by Crippen LogP contribution is 2.42. The van der Waals surface area contributed by atoms with Crippen LogP contribution < -0.4 is 0 Å². The second-order valence-electron chi connectivity index (χ2n) is 6.61. The lowest BCUT2D eigenvalue weighted by atomic mass is 10.1. The normalized spacial score (nSPS) is 13.8. The summed E-state index contributed by atoms with van der Waals surface area (Å²) >= 11 is 0. The molecule has 1 aromatic rings. The first-order valence-electron chi connectivity index (χ1n) is 9.64. The van der Waals surface area contributed by atoms with E-state index in [0.717, 1.165) is 24.8 Å². The molecule has 0 aliphatic rings. The lowest BCUT2D eigenvalue weighted by Crippen LogP contribution is -2.00. The molecule has 0 amide bonds. The van der Waals surface area contributed by atoms with E-state index in [4.69, 9.17) is 4.52 Å². The van der Waals surface area contributed by atoms with E-state index in [-0.39, 0.29) is 6.16 Å². The van der Waals surface area contributed by atoms with Crippen LogP contribution in [0.3, 0.4) is 0 Å². The van der Waals surface area contributed by atoms with Crippen LogP contribution in [0.25, 0.3) is 0 Å². The van der Waals surface area contributed by atoms with E-state index in [1.165, 1.54) is 44.9 Å². The molecule has 0 aromatic heterocycles. The van der Waals surface area contributed by atoms with Crippen LogP contribution in [0.2, 0.25) is 0 Å². The minimum atomic E-state index is -3.40. The second kappa shape index (κ2) is 13.6. The van der Waals surface area contributed by atoms with Gasteiger partial charge >= 0.3 is 7.60 Å². The van der Waals surface area contributed by atoms with Gasteiger partial charge in [-0.15, -0.1) is 0 Å². The number of rotatable bonds is 15. The molecule has 1 unspecified atom stereocenters. The van der Waals surface area contributed by atoms with E-state index in [1.54, 1.807) is 0 Å². The summed E-state index contributed by atoms with van der Waals surface area (Å²) in [6.45, 7) is 2.56. The van der Waals surface area contributed by atoms with Crippen LogP contribution in [-0.4, -0.2) is 17.7 Å². The van der Waals surface area contributed by atoms with Crippen molar-refractivity contribution in [3.8, 4) is 0 Å².